The number of likely N-dealkylation sites (N-methyl/N-ethyl adjacent to an activating group) is 1. The fourth-order valence-corrected chi connectivity index (χ4v) is 7.65. The molecule has 408 valence electrons. The summed E-state index contributed by atoms with van der Waals surface area (Å²) in [5.41, 5.74) is 0. The van der Waals surface area contributed by atoms with E-state index in [9.17, 15) is 19.0 Å². The number of carbonyl (C=O) groups is 2. The van der Waals surface area contributed by atoms with Crippen LogP contribution in [0.15, 0.2) is 134 Å². The molecule has 9 nitrogen and oxygen atoms in total. The third kappa shape index (κ3) is 55.5. The smallest absolute Gasteiger partial charge is 0.306 e. The number of quaternary nitrogens is 1. The molecule has 0 rings (SSSR count). The summed E-state index contributed by atoms with van der Waals surface area (Å²) in [4.78, 5) is 37.8. The summed E-state index contributed by atoms with van der Waals surface area (Å²) in [6.45, 7) is 3.94. The van der Waals surface area contributed by atoms with E-state index in [4.69, 9.17) is 18.5 Å². The van der Waals surface area contributed by atoms with Gasteiger partial charge in [0.1, 0.15) is 19.8 Å². The highest BCUT2D eigenvalue weighted by Gasteiger charge is 2.21. The van der Waals surface area contributed by atoms with Crippen molar-refractivity contribution in [2.75, 3.05) is 47.5 Å². The summed E-state index contributed by atoms with van der Waals surface area (Å²) in [5.74, 6) is -0.887. The maximum atomic E-state index is 12.8. The number of hydrogen-bond acceptors (Lipinski definition) is 8. The number of allylic oxidation sites excluding steroid dienone is 22. The van der Waals surface area contributed by atoms with Gasteiger partial charge in [-0.05, 0) is 109 Å². The van der Waals surface area contributed by atoms with Gasteiger partial charge in [0, 0.05) is 12.8 Å². The first-order chi connectivity index (χ1) is 35.0. The van der Waals surface area contributed by atoms with Gasteiger partial charge in [0.15, 0.2) is 6.10 Å². The van der Waals surface area contributed by atoms with E-state index in [1.165, 1.54) is 38.5 Å². The SMILES string of the molecule is CC/C=C\C/C=C\C/C=C\C/C=C\C/C=C\C/C=C\CCCCCCCCCCCCC(=O)OC(COC(=O)CCCCC/C=C\C/C=C\C/C=C\C/C=C\C/C=C\CC)COP(=O)([O-])OCC[N+](C)(C)C. The van der Waals surface area contributed by atoms with Crippen molar-refractivity contribution in [3.8, 4) is 0 Å². The molecule has 0 N–H and O–H groups in total. The lowest BCUT2D eigenvalue weighted by Gasteiger charge is -2.28. The number of rotatable bonds is 49. The third-order valence-corrected chi connectivity index (χ3v) is 12.1. The summed E-state index contributed by atoms with van der Waals surface area (Å²) in [6, 6.07) is 0. The van der Waals surface area contributed by atoms with Gasteiger partial charge >= 0.3 is 11.9 Å². The number of carbonyl (C=O) groups excluding carboxylic acids is 2. The Kier molecular flexibility index (Phi) is 49.2. The zero-order valence-electron chi connectivity index (χ0n) is 46.1. The molecular formula is C62H102NO8P. The number of esters is 2. The van der Waals surface area contributed by atoms with E-state index in [-0.39, 0.29) is 26.1 Å². The molecule has 2 atom stereocenters. The van der Waals surface area contributed by atoms with Crippen LogP contribution in [0.2, 0.25) is 0 Å². The van der Waals surface area contributed by atoms with E-state index >= 15 is 0 Å². The summed E-state index contributed by atoms with van der Waals surface area (Å²) >= 11 is 0. The minimum atomic E-state index is -4.65. The highest BCUT2D eigenvalue weighted by atomic mass is 31.2. The van der Waals surface area contributed by atoms with Gasteiger partial charge < -0.3 is 27.9 Å². The molecule has 0 saturated carbocycles. The first kappa shape index (κ1) is 68.2. The first-order valence-corrected chi connectivity index (χ1v) is 29.4. The molecule has 0 radical (unpaired) electrons. The highest BCUT2D eigenvalue weighted by Crippen LogP contribution is 2.38. The van der Waals surface area contributed by atoms with Crippen molar-refractivity contribution in [3.63, 3.8) is 0 Å². The molecule has 0 aromatic rings. The van der Waals surface area contributed by atoms with Crippen molar-refractivity contribution in [1.29, 1.82) is 0 Å². The van der Waals surface area contributed by atoms with Gasteiger partial charge in [-0.2, -0.15) is 0 Å². The van der Waals surface area contributed by atoms with Crippen LogP contribution in [0.5, 0.6) is 0 Å². The van der Waals surface area contributed by atoms with Crippen LogP contribution in [-0.4, -0.2) is 70.0 Å². The van der Waals surface area contributed by atoms with Crippen molar-refractivity contribution >= 4 is 19.8 Å². The second-order valence-corrected chi connectivity index (χ2v) is 20.6. The van der Waals surface area contributed by atoms with E-state index < -0.39 is 32.5 Å². The molecule has 0 bridgehead atoms. The second kappa shape index (κ2) is 52.0. The van der Waals surface area contributed by atoms with Crippen molar-refractivity contribution in [2.45, 2.75) is 200 Å². The summed E-state index contributed by atoms with van der Waals surface area (Å²) < 4.78 is 34.1. The first-order valence-electron chi connectivity index (χ1n) is 27.9. The van der Waals surface area contributed by atoms with Crippen molar-refractivity contribution in [3.05, 3.63) is 134 Å². The van der Waals surface area contributed by atoms with Crippen LogP contribution in [-0.2, 0) is 32.7 Å². The fraction of sp³-hybridized carbons (Fsp3) is 0.613. The Balaban J connectivity index is 4.27. The molecule has 10 heteroatoms. The third-order valence-electron chi connectivity index (χ3n) is 11.2. The van der Waals surface area contributed by atoms with Crippen LogP contribution in [0.4, 0.5) is 0 Å². The fourth-order valence-electron chi connectivity index (χ4n) is 6.92. The molecule has 0 heterocycles. The lowest BCUT2D eigenvalue weighted by atomic mass is 10.0. The highest BCUT2D eigenvalue weighted by molar-refractivity contribution is 7.45. The summed E-state index contributed by atoms with van der Waals surface area (Å²) in [5, 5.41) is 0. The number of nitrogens with zero attached hydrogens (tertiary/aromatic N) is 1. The second-order valence-electron chi connectivity index (χ2n) is 19.2. The molecule has 0 aromatic carbocycles. The number of phosphoric ester groups is 1. The van der Waals surface area contributed by atoms with Gasteiger partial charge in [0.2, 0.25) is 0 Å². The van der Waals surface area contributed by atoms with Gasteiger partial charge in [0.05, 0.1) is 27.7 Å². The maximum Gasteiger partial charge on any atom is 0.306 e. The summed E-state index contributed by atoms with van der Waals surface area (Å²) in [6.07, 6.45) is 74.9. The van der Waals surface area contributed by atoms with Crippen LogP contribution >= 0.6 is 7.82 Å². The molecule has 0 spiro atoms. The summed E-state index contributed by atoms with van der Waals surface area (Å²) in [7, 11) is 1.12. The molecule has 0 fully saturated rings. The van der Waals surface area contributed by atoms with Crippen LogP contribution in [0, 0.1) is 0 Å². The van der Waals surface area contributed by atoms with Crippen LogP contribution in [0.1, 0.15) is 194 Å². The van der Waals surface area contributed by atoms with E-state index in [1.54, 1.807) is 0 Å². The molecule has 0 aliphatic heterocycles. The molecule has 0 saturated heterocycles. The minimum absolute atomic E-state index is 0.0451. The molecule has 0 aliphatic carbocycles. The van der Waals surface area contributed by atoms with Gasteiger partial charge in [0.25, 0.3) is 7.82 Å². The van der Waals surface area contributed by atoms with Gasteiger partial charge in [-0.15, -0.1) is 0 Å². The van der Waals surface area contributed by atoms with Crippen LogP contribution in [0.3, 0.4) is 0 Å². The van der Waals surface area contributed by atoms with Gasteiger partial charge in [-0.25, -0.2) is 0 Å². The number of unbranched alkanes of at least 4 members (excludes halogenated alkanes) is 13. The Bertz CT molecular complexity index is 1670. The molecule has 72 heavy (non-hydrogen) atoms. The van der Waals surface area contributed by atoms with Crippen LogP contribution in [0.25, 0.3) is 0 Å². The Labute approximate surface area is 441 Å². The normalized spacial score (nSPS) is 14.4. The number of ether oxygens (including phenoxy) is 2. The monoisotopic (exact) mass is 1020 g/mol. The predicted octanol–water partition coefficient (Wildman–Crippen LogP) is 16.7. The van der Waals surface area contributed by atoms with E-state index in [2.05, 4.69) is 148 Å². The van der Waals surface area contributed by atoms with Gasteiger partial charge in [-0.1, -0.05) is 205 Å². The number of hydrogen-bond donors (Lipinski definition) is 0. The molecule has 0 aliphatic rings. The topological polar surface area (TPSA) is 111 Å². The Hall–Kier alpha value is -3.85. The van der Waals surface area contributed by atoms with E-state index in [0.717, 1.165) is 116 Å². The zero-order valence-corrected chi connectivity index (χ0v) is 47.0. The largest absolute Gasteiger partial charge is 0.756 e. The standard InChI is InChI=1S/C62H102NO8P/c1-6-8-10-12-14-16-18-20-22-24-26-27-28-29-30-31-32-33-34-35-37-39-41-43-45-47-49-51-53-55-62(65)71-60(59-70-72(66,67)69-57-56-63(3,4)5)58-68-61(64)54-52-50-48-46-44-42-40-38-36-25-23-21-19-17-15-13-11-9-7-2/h8-11,14-17,20-23,26-27,29-30,32-33,36,38,42,44,60H,6-7,12-13,18-19,24-25,28,31,34-35,37,39-41,43,45-59H2,1-5H3/b10-8-,11-9-,16-14-,17-15-,22-20-,23-21-,27-26-,30-29-,33-32-,38-36-,44-42-. The molecule has 0 aromatic heterocycles. The van der Waals surface area contributed by atoms with Crippen molar-refractivity contribution < 1.29 is 42.1 Å². The van der Waals surface area contributed by atoms with E-state index in [0.29, 0.717) is 23.9 Å². The average molecular weight is 1020 g/mol. The Morgan fingerprint density at radius 2 is 0.750 bits per heavy atom. The van der Waals surface area contributed by atoms with Crippen molar-refractivity contribution in [1.82, 2.24) is 0 Å². The Morgan fingerprint density at radius 1 is 0.431 bits per heavy atom. The van der Waals surface area contributed by atoms with Crippen LogP contribution < -0.4 is 4.89 Å². The zero-order chi connectivity index (χ0) is 52.7. The minimum Gasteiger partial charge on any atom is -0.756 e. The molecule has 0 amide bonds. The molecule has 2 unspecified atom stereocenters. The average Bonchev–Trinajstić information content (AvgIpc) is 3.34. The lowest BCUT2D eigenvalue weighted by molar-refractivity contribution is -0.870. The number of phosphoric acid groups is 1. The maximum absolute atomic E-state index is 12.8. The van der Waals surface area contributed by atoms with E-state index in [1.807, 2.05) is 21.1 Å². The Morgan fingerprint density at radius 3 is 1.12 bits per heavy atom. The van der Waals surface area contributed by atoms with Crippen molar-refractivity contribution in [2.24, 2.45) is 0 Å². The quantitative estimate of drug-likeness (QED) is 0.0195. The lowest BCUT2D eigenvalue weighted by Crippen LogP contribution is -2.37. The van der Waals surface area contributed by atoms with Gasteiger partial charge in [-0.3, -0.25) is 14.2 Å². The predicted molar refractivity (Wildman–Crippen MR) is 304 cm³/mol. The molecular weight excluding hydrogens is 918 g/mol.